The summed E-state index contributed by atoms with van der Waals surface area (Å²) in [5, 5.41) is 27.6. The fourth-order valence-electron chi connectivity index (χ4n) is 3.73. The van der Waals surface area contributed by atoms with E-state index in [1.54, 1.807) is 37.4 Å². The van der Waals surface area contributed by atoms with Crippen molar-refractivity contribution in [3.63, 3.8) is 0 Å². The van der Waals surface area contributed by atoms with E-state index in [0.29, 0.717) is 22.8 Å². The summed E-state index contributed by atoms with van der Waals surface area (Å²) in [7, 11) is 0. The molecule has 0 aliphatic carbocycles. The first-order valence-electron chi connectivity index (χ1n) is 10.4. The van der Waals surface area contributed by atoms with E-state index >= 15 is 0 Å². The molecule has 2 aliphatic heterocycles. The van der Waals surface area contributed by atoms with Gasteiger partial charge in [-0.3, -0.25) is 10.1 Å². The van der Waals surface area contributed by atoms with Gasteiger partial charge in [0.15, 0.2) is 17.7 Å². The van der Waals surface area contributed by atoms with Crippen LogP contribution in [-0.4, -0.2) is 64.6 Å². The second-order valence-corrected chi connectivity index (χ2v) is 7.84. The van der Waals surface area contributed by atoms with Crippen molar-refractivity contribution in [2.24, 2.45) is 10.1 Å². The van der Waals surface area contributed by atoms with E-state index in [4.69, 9.17) is 11.6 Å². The second-order valence-electron chi connectivity index (χ2n) is 7.40. The van der Waals surface area contributed by atoms with Crippen LogP contribution in [0, 0.1) is 11.5 Å². The highest BCUT2D eigenvalue weighted by atomic mass is 35.5. The maximum absolute atomic E-state index is 13.4. The molecular formula is C22H19ClF2N6O4. The van der Waals surface area contributed by atoms with Crippen molar-refractivity contribution >= 4 is 34.9 Å². The minimum atomic E-state index is -3.78. The van der Waals surface area contributed by atoms with Crippen molar-refractivity contribution in [2.75, 3.05) is 19.7 Å². The van der Waals surface area contributed by atoms with Crippen LogP contribution in [0.1, 0.15) is 12.5 Å². The molecule has 10 nitrogen and oxygen atoms in total. The van der Waals surface area contributed by atoms with Crippen LogP contribution in [0.2, 0.25) is 5.02 Å². The number of hydrazone groups is 1. The molecule has 1 unspecified atom stereocenters. The third kappa shape index (κ3) is 5.11. The third-order valence-corrected chi connectivity index (χ3v) is 5.49. The van der Waals surface area contributed by atoms with Crippen LogP contribution in [0.15, 0.2) is 52.6 Å². The largest absolute Gasteiger partial charge is 0.586 e. The lowest BCUT2D eigenvalue weighted by Gasteiger charge is -2.28. The summed E-state index contributed by atoms with van der Waals surface area (Å²) in [5.41, 5.74) is 1.35. The average Bonchev–Trinajstić information content (AvgIpc) is 3.39. The molecule has 2 aromatic carbocycles. The summed E-state index contributed by atoms with van der Waals surface area (Å²) in [6.45, 7) is 1.48. The summed E-state index contributed by atoms with van der Waals surface area (Å²) in [6, 6.07) is 10.2. The van der Waals surface area contributed by atoms with Crippen molar-refractivity contribution < 1.29 is 28.2 Å². The van der Waals surface area contributed by atoms with Crippen molar-refractivity contribution in [3.05, 3.63) is 53.1 Å². The lowest BCUT2D eigenvalue weighted by atomic mass is 10.0. The minimum absolute atomic E-state index is 0.0143. The number of aliphatic imine (C=N–C) groups is 1. The summed E-state index contributed by atoms with van der Waals surface area (Å²) in [6.07, 6.45) is -2.00. The molecule has 13 heteroatoms. The standard InChI is InChI=1S/C22H19ClF2N6O4/c1-2-30(19(33)11-32)16-10-31(29-20(16)13-3-5-14(23)6-4-13)21(27-12-26)28-15-7-8-17-18(9-15)35-22(24,25)34-17/h3-9,16,32H,2,10-11H2,1H3,(H,27,28). The molecule has 1 atom stereocenters. The molecule has 0 bridgehead atoms. The van der Waals surface area contributed by atoms with Crippen LogP contribution >= 0.6 is 11.6 Å². The highest BCUT2D eigenvalue weighted by Gasteiger charge is 2.43. The van der Waals surface area contributed by atoms with Gasteiger partial charge in [-0.1, -0.05) is 23.7 Å². The van der Waals surface area contributed by atoms with Gasteiger partial charge in [0.1, 0.15) is 6.61 Å². The number of carbonyl (C=O) groups excluding carboxylic acids is 1. The van der Waals surface area contributed by atoms with Crippen molar-refractivity contribution in [3.8, 4) is 17.7 Å². The average molecular weight is 505 g/mol. The Kier molecular flexibility index (Phi) is 6.72. The van der Waals surface area contributed by atoms with Crippen molar-refractivity contribution in [2.45, 2.75) is 19.3 Å². The Hall–Kier alpha value is -3.95. The molecule has 0 spiro atoms. The molecule has 0 aromatic heterocycles. The molecule has 0 saturated heterocycles. The number of hydrogen-bond acceptors (Lipinski definition) is 7. The molecule has 0 fully saturated rings. The van der Waals surface area contributed by atoms with E-state index in [0.717, 1.165) is 0 Å². The number of nitrogens with zero attached hydrogens (tertiary/aromatic N) is 5. The molecule has 1 amide bonds. The zero-order chi connectivity index (χ0) is 25.2. The van der Waals surface area contributed by atoms with E-state index in [1.807, 2.05) is 0 Å². The van der Waals surface area contributed by atoms with Gasteiger partial charge in [-0.05, 0) is 31.2 Å². The smallest absolute Gasteiger partial charge is 0.395 e. The van der Waals surface area contributed by atoms with Crippen LogP contribution < -0.4 is 14.8 Å². The lowest BCUT2D eigenvalue weighted by molar-refractivity contribution is -0.286. The number of carbonyl (C=O) groups is 1. The maximum atomic E-state index is 13.4. The molecule has 35 heavy (non-hydrogen) atoms. The fourth-order valence-corrected chi connectivity index (χ4v) is 3.86. The predicted molar refractivity (Wildman–Crippen MR) is 121 cm³/mol. The van der Waals surface area contributed by atoms with E-state index in [9.17, 15) is 23.9 Å². The number of rotatable bonds is 5. The number of nitrogens with one attached hydrogen (secondary N) is 1. The summed E-state index contributed by atoms with van der Waals surface area (Å²) >= 11 is 6.01. The van der Waals surface area contributed by atoms with Gasteiger partial charge in [-0.25, -0.2) is 10.0 Å². The highest BCUT2D eigenvalue weighted by Crippen LogP contribution is 2.42. The molecule has 0 saturated carbocycles. The maximum Gasteiger partial charge on any atom is 0.586 e. The quantitative estimate of drug-likeness (QED) is 0.278. The summed E-state index contributed by atoms with van der Waals surface area (Å²) < 4.78 is 35.6. The molecule has 4 rings (SSSR count). The number of likely N-dealkylation sites (N-methyl/N-ethyl adjacent to an activating group) is 1. The van der Waals surface area contributed by atoms with Gasteiger partial charge < -0.3 is 19.5 Å². The Labute approximate surface area is 203 Å². The first-order valence-corrected chi connectivity index (χ1v) is 10.8. The SMILES string of the molecule is CCN(C(=O)CO)C1CN(C(=Nc2ccc3c(c2)OC(F)(F)O3)NC#N)N=C1c1ccc(Cl)cc1. The van der Waals surface area contributed by atoms with Crippen LogP contribution in [0.3, 0.4) is 0 Å². The van der Waals surface area contributed by atoms with Gasteiger partial charge >= 0.3 is 6.29 Å². The lowest BCUT2D eigenvalue weighted by Crippen LogP contribution is -2.49. The zero-order valence-corrected chi connectivity index (χ0v) is 19.0. The minimum Gasteiger partial charge on any atom is -0.395 e. The van der Waals surface area contributed by atoms with Crippen molar-refractivity contribution in [1.29, 1.82) is 5.26 Å². The van der Waals surface area contributed by atoms with Crippen LogP contribution in [0.5, 0.6) is 11.5 Å². The van der Waals surface area contributed by atoms with Gasteiger partial charge in [0.25, 0.3) is 0 Å². The molecule has 2 N–H and O–H groups in total. The Bertz CT molecular complexity index is 1230. The van der Waals surface area contributed by atoms with Gasteiger partial charge in [0.2, 0.25) is 11.9 Å². The Morgan fingerprint density at radius 2 is 2.06 bits per heavy atom. The number of alkyl halides is 2. The predicted octanol–water partition coefficient (Wildman–Crippen LogP) is 2.65. The number of nitriles is 1. The van der Waals surface area contributed by atoms with Crippen LogP contribution in [0.25, 0.3) is 0 Å². The van der Waals surface area contributed by atoms with Crippen molar-refractivity contribution in [1.82, 2.24) is 15.2 Å². The van der Waals surface area contributed by atoms with Crippen LogP contribution in [-0.2, 0) is 4.79 Å². The van der Waals surface area contributed by atoms with Crippen LogP contribution in [0.4, 0.5) is 14.5 Å². The third-order valence-electron chi connectivity index (χ3n) is 5.23. The monoisotopic (exact) mass is 504 g/mol. The molecule has 2 heterocycles. The Balaban J connectivity index is 1.71. The summed E-state index contributed by atoms with van der Waals surface area (Å²) in [5.74, 6) is -0.860. The number of benzene rings is 2. The highest BCUT2D eigenvalue weighted by molar-refractivity contribution is 6.30. The molecule has 2 aliphatic rings. The number of hydrogen-bond donors (Lipinski definition) is 2. The molecule has 2 aromatic rings. The van der Waals surface area contributed by atoms with E-state index in [2.05, 4.69) is 24.9 Å². The Morgan fingerprint density at radius 3 is 2.71 bits per heavy atom. The van der Waals surface area contributed by atoms with E-state index in [1.165, 1.54) is 28.1 Å². The normalized spacial score (nSPS) is 18.2. The summed E-state index contributed by atoms with van der Waals surface area (Å²) in [4.78, 5) is 18.2. The first kappa shape index (κ1) is 24.2. The number of halogens is 3. The molecule has 0 radical (unpaired) electrons. The number of aliphatic hydroxyl groups excluding tert-OH is 1. The number of amides is 1. The first-order chi connectivity index (χ1) is 16.7. The van der Waals surface area contributed by atoms with E-state index in [-0.39, 0.29) is 29.7 Å². The Morgan fingerprint density at radius 1 is 1.34 bits per heavy atom. The second kappa shape index (κ2) is 9.73. The number of aliphatic hydroxyl groups is 1. The van der Waals surface area contributed by atoms with Gasteiger partial charge in [-0.15, -0.1) is 8.78 Å². The topological polar surface area (TPSA) is 123 Å². The molecule has 182 valence electrons. The number of fused-ring (bicyclic) bond motifs is 1. The zero-order valence-electron chi connectivity index (χ0n) is 18.3. The van der Waals surface area contributed by atoms with E-state index < -0.39 is 24.9 Å². The fraction of sp³-hybridized carbons (Fsp3) is 0.273. The van der Waals surface area contributed by atoms with Gasteiger partial charge in [0.05, 0.1) is 24.0 Å². The number of guanidine groups is 1. The van der Waals surface area contributed by atoms with Gasteiger partial charge in [-0.2, -0.15) is 10.4 Å². The van der Waals surface area contributed by atoms with Gasteiger partial charge in [0, 0.05) is 23.2 Å². The number of ether oxygens (including phenoxy) is 2. The molecular weight excluding hydrogens is 486 g/mol.